The van der Waals surface area contributed by atoms with E-state index in [0.717, 1.165) is 22.4 Å². The normalized spacial score (nSPS) is 11.1. The number of hydrogen-bond acceptors (Lipinski definition) is 5. The smallest absolute Gasteiger partial charge is 0.282 e. The quantitative estimate of drug-likeness (QED) is 0.372. The minimum atomic E-state index is -0.216. The lowest BCUT2D eigenvalue weighted by Gasteiger charge is -2.12. The number of fused-ring (bicyclic) bond motifs is 1. The number of benzene rings is 2. The number of aryl methyl sites for hydroxylation is 3. The van der Waals surface area contributed by atoms with Gasteiger partial charge in [0.15, 0.2) is 10.7 Å². The molecule has 0 fully saturated rings. The highest BCUT2D eigenvalue weighted by molar-refractivity contribution is 7.99. The van der Waals surface area contributed by atoms with E-state index in [-0.39, 0.29) is 17.2 Å². The van der Waals surface area contributed by atoms with Gasteiger partial charge in [-0.15, -0.1) is 0 Å². The molecule has 4 aromatic rings. The Balaban J connectivity index is 1.60. The SMILES string of the molecule is Cc1ccc(NC(=O)CSc2nc3cn(C)nc3c(=O)n2Cc2ccccc2)c(C)c1. The minimum Gasteiger partial charge on any atom is -0.325 e. The van der Waals surface area contributed by atoms with E-state index in [9.17, 15) is 9.59 Å². The maximum absolute atomic E-state index is 13.1. The van der Waals surface area contributed by atoms with Gasteiger partial charge in [-0.25, -0.2) is 4.98 Å². The summed E-state index contributed by atoms with van der Waals surface area (Å²) in [6, 6.07) is 15.6. The first-order valence-corrected chi connectivity index (χ1v) is 10.9. The molecule has 31 heavy (non-hydrogen) atoms. The third kappa shape index (κ3) is 4.69. The van der Waals surface area contributed by atoms with E-state index in [1.807, 2.05) is 62.4 Å². The fourth-order valence-corrected chi connectivity index (χ4v) is 4.17. The molecule has 1 amide bonds. The van der Waals surface area contributed by atoms with Crippen LogP contribution in [0.1, 0.15) is 16.7 Å². The Labute approximate surface area is 184 Å². The molecule has 0 bridgehead atoms. The number of nitrogens with zero attached hydrogens (tertiary/aromatic N) is 4. The van der Waals surface area contributed by atoms with Crippen molar-refractivity contribution in [3.05, 3.63) is 81.8 Å². The molecule has 158 valence electrons. The predicted octanol–water partition coefficient (Wildman–Crippen LogP) is 3.53. The van der Waals surface area contributed by atoms with Crippen LogP contribution in [0.3, 0.4) is 0 Å². The van der Waals surface area contributed by atoms with Crippen molar-refractivity contribution < 1.29 is 4.79 Å². The first kappa shape index (κ1) is 20.9. The van der Waals surface area contributed by atoms with Crippen LogP contribution in [-0.4, -0.2) is 31.0 Å². The van der Waals surface area contributed by atoms with Gasteiger partial charge in [0.1, 0.15) is 5.52 Å². The molecule has 2 aromatic carbocycles. The highest BCUT2D eigenvalue weighted by atomic mass is 32.2. The summed E-state index contributed by atoms with van der Waals surface area (Å²) in [4.78, 5) is 30.3. The van der Waals surface area contributed by atoms with Crippen molar-refractivity contribution >= 4 is 34.4 Å². The molecule has 0 saturated carbocycles. The van der Waals surface area contributed by atoms with Gasteiger partial charge < -0.3 is 5.32 Å². The van der Waals surface area contributed by atoms with Crippen molar-refractivity contribution in [1.82, 2.24) is 19.3 Å². The minimum absolute atomic E-state index is 0.139. The topological polar surface area (TPSA) is 81.8 Å². The average Bonchev–Trinajstić information content (AvgIpc) is 3.12. The van der Waals surface area contributed by atoms with Gasteiger partial charge in [-0.1, -0.05) is 59.8 Å². The molecule has 4 rings (SSSR count). The Morgan fingerprint density at radius 1 is 1.13 bits per heavy atom. The number of carbonyl (C=O) groups is 1. The van der Waals surface area contributed by atoms with Crippen LogP contribution in [0.15, 0.2) is 64.7 Å². The van der Waals surface area contributed by atoms with E-state index in [2.05, 4.69) is 15.4 Å². The maximum Gasteiger partial charge on any atom is 0.282 e. The van der Waals surface area contributed by atoms with Gasteiger partial charge in [-0.3, -0.25) is 18.8 Å². The molecule has 0 saturated heterocycles. The summed E-state index contributed by atoms with van der Waals surface area (Å²) >= 11 is 1.24. The van der Waals surface area contributed by atoms with Crippen molar-refractivity contribution in [3.8, 4) is 0 Å². The predicted molar refractivity (Wildman–Crippen MR) is 124 cm³/mol. The molecule has 0 atom stereocenters. The van der Waals surface area contributed by atoms with Crippen molar-refractivity contribution in [1.29, 1.82) is 0 Å². The van der Waals surface area contributed by atoms with Crippen molar-refractivity contribution in [2.45, 2.75) is 25.5 Å². The Morgan fingerprint density at radius 3 is 2.65 bits per heavy atom. The number of carbonyl (C=O) groups excluding carboxylic acids is 1. The molecule has 1 N–H and O–H groups in total. The van der Waals surface area contributed by atoms with E-state index in [1.54, 1.807) is 22.5 Å². The van der Waals surface area contributed by atoms with Crippen LogP contribution in [0.4, 0.5) is 5.69 Å². The van der Waals surface area contributed by atoms with Crippen LogP contribution < -0.4 is 10.9 Å². The lowest BCUT2D eigenvalue weighted by atomic mass is 10.1. The Kier molecular flexibility index (Phi) is 5.90. The zero-order chi connectivity index (χ0) is 22.0. The third-order valence-corrected chi connectivity index (χ3v) is 5.85. The van der Waals surface area contributed by atoms with Crippen molar-refractivity contribution in [3.63, 3.8) is 0 Å². The summed E-state index contributed by atoms with van der Waals surface area (Å²) in [5, 5.41) is 7.69. The van der Waals surface area contributed by atoms with Crippen LogP contribution in [0, 0.1) is 13.8 Å². The van der Waals surface area contributed by atoms with Crippen molar-refractivity contribution in [2.75, 3.05) is 11.1 Å². The molecule has 0 radical (unpaired) electrons. The number of rotatable bonds is 6. The molecule has 8 heteroatoms. The molecule has 2 heterocycles. The molecule has 7 nitrogen and oxygen atoms in total. The molecule has 0 aliphatic rings. The summed E-state index contributed by atoms with van der Waals surface area (Å²) in [6.45, 7) is 4.34. The van der Waals surface area contributed by atoms with Crippen LogP contribution in [0.25, 0.3) is 11.0 Å². The monoisotopic (exact) mass is 433 g/mol. The molecular weight excluding hydrogens is 410 g/mol. The summed E-state index contributed by atoms with van der Waals surface area (Å²) in [5.41, 5.74) is 4.54. The first-order chi connectivity index (χ1) is 14.9. The number of thioether (sulfide) groups is 1. The summed E-state index contributed by atoms with van der Waals surface area (Å²) < 4.78 is 3.16. The second kappa shape index (κ2) is 8.77. The van der Waals surface area contributed by atoms with Gasteiger partial charge in [-0.05, 0) is 31.0 Å². The third-order valence-electron chi connectivity index (χ3n) is 4.88. The zero-order valence-electron chi connectivity index (χ0n) is 17.6. The van der Waals surface area contributed by atoms with Gasteiger partial charge in [0.2, 0.25) is 5.91 Å². The Hall–Kier alpha value is -3.39. The number of aromatic nitrogens is 4. The fourth-order valence-electron chi connectivity index (χ4n) is 3.37. The van der Waals surface area contributed by atoms with E-state index in [4.69, 9.17) is 0 Å². The highest BCUT2D eigenvalue weighted by Gasteiger charge is 2.16. The Morgan fingerprint density at radius 2 is 1.90 bits per heavy atom. The highest BCUT2D eigenvalue weighted by Crippen LogP contribution is 2.20. The fraction of sp³-hybridized carbons (Fsp3) is 0.217. The van der Waals surface area contributed by atoms with E-state index < -0.39 is 0 Å². The standard InChI is InChI=1S/C23H23N5O2S/c1-15-9-10-18(16(2)11-15)24-20(29)14-31-23-25-19-13-27(3)26-21(19)22(30)28(23)12-17-7-5-4-6-8-17/h4-11,13H,12,14H2,1-3H3,(H,24,29). The van der Waals surface area contributed by atoms with E-state index >= 15 is 0 Å². The maximum atomic E-state index is 13.1. The molecule has 2 aromatic heterocycles. The van der Waals surface area contributed by atoms with Crippen LogP contribution in [0.5, 0.6) is 0 Å². The lowest BCUT2D eigenvalue weighted by molar-refractivity contribution is -0.113. The van der Waals surface area contributed by atoms with E-state index in [0.29, 0.717) is 22.7 Å². The average molecular weight is 434 g/mol. The van der Waals surface area contributed by atoms with Gasteiger partial charge in [0.25, 0.3) is 5.56 Å². The summed E-state index contributed by atoms with van der Waals surface area (Å²) in [5.74, 6) is -0.0101. The largest absolute Gasteiger partial charge is 0.325 e. The molecule has 0 spiro atoms. The van der Waals surface area contributed by atoms with Crippen LogP contribution in [-0.2, 0) is 18.4 Å². The van der Waals surface area contributed by atoms with E-state index in [1.165, 1.54) is 11.8 Å². The number of hydrogen-bond donors (Lipinski definition) is 1. The van der Waals surface area contributed by atoms with Gasteiger partial charge in [0, 0.05) is 12.7 Å². The van der Waals surface area contributed by atoms with Gasteiger partial charge in [0.05, 0.1) is 18.5 Å². The van der Waals surface area contributed by atoms with Crippen LogP contribution >= 0.6 is 11.8 Å². The molecule has 0 unspecified atom stereocenters. The molecular formula is C23H23N5O2S. The Bertz CT molecular complexity index is 1310. The van der Waals surface area contributed by atoms with Crippen molar-refractivity contribution in [2.24, 2.45) is 7.05 Å². The summed E-state index contributed by atoms with van der Waals surface area (Å²) in [6.07, 6.45) is 1.71. The number of anilines is 1. The molecule has 0 aliphatic heterocycles. The van der Waals surface area contributed by atoms with Gasteiger partial charge >= 0.3 is 0 Å². The molecule has 0 aliphatic carbocycles. The zero-order valence-corrected chi connectivity index (χ0v) is 18.4. The summed E-state index contributed by atoms with van der Waals surface area (Å²) in [7, 11) is 1.76. The number of nitrogens with one attached hydrogen (secondary N) is 1. The van der Waals surface area contributed by atoms with Gasteiger partial charge in [-0.2, -0.15) is 5.10 Å². The second-order valence-electron chi connectivity index (χ2n) is 7.46. The van der Waals surface area contributed by atoms with Crippen LogP contribution in [0.2, 0.25) is 0 Å². The second-order valence-corrected chi connectivity index (χ2v) is 8.41. The first-order valence-electron chi connectivity index (χ1n) is 9.89. The lowest BCUT2D eigenvalue weighted by Crippen LogP contribution is -2.25. The number of amides is 1.